The lowest BCUT2D eigenvalue weighted by Crippen LogP contribution is -2.21. The van der Waals surface area contributed by atoms with Gasteiger partial charge in [0.25, 0.3) is 5.91 Å². The SMILES string of the molecule is COc1cc2c(cc1NC(=O)COC(=O)c1ccc(OCc3noc(C)n3)cc1)oc1ccccc12. The fourth-order valence-electron chi connectivity index (χ4n) is 3.65. The number of hydrogen-bond donors (Lipinski definition) is 1. The van der Waals surface area contributed by atoms with Crippen molar-refractivity contribution in [2.24, 2.45) is 0 Å². The van der Waals surface area contributed by atoms with Crippen molar-refractivity contribution in [3.8, 4) is 11.5 Å². The predicted octanol–water partition coefficient (Wildman–Crippen LogP) is 4.66. The maximum Gasteiger partial charge on any atom is 0.338 e. The Morgan fingerprint density at radius 2 is 1.81 bits per heavy atom. The molecule has 0 saturated heterocycles. The molecule has 2 aromatic heterocycles. The second-order valence-corrected chi connectivity index (χ2v) is 7.81. The molecule has 2 heterocycles. The summed E-state index contributed by atoms with van der Waals surface area (Å²) in [6.45, 7) is 1.34. The quantitative estimate of drug-likeness (QED) is 0.311. The van der Waals surface area contributed by atoms with Crippen molar-refractivity contribution in [2.45, 2.75) is 13.5 Å². The van der Waals surface area contributed by atoms with Gasteiger partial charge < -0.3 is 28.5 Å². The van der Waals surface area contributed by atoms with Crippen molar-refractivity contribution in [3.05, 3.63) is 77.9 Å². The lowest BCUT2D eigenvalue weighted by molar-refractivity contribution is -0.119. The van der Waals surface area contributed by atoms with E-state index in [9.17, 15) is 9.59 Å². The maximum absolute atomic E-state index is 12.5. The number of ether oxygens (including phenoxy) is 3. The highest BCUT2D eigenvalue weighted by atomic mass is 16.5. The summed E-state index contributed by atoms with van der Waals surface area (Å²) in [5.41, 5.74) is 2.00. The third kappa shape index (κ3) is 4.83. The Morgan fingerprint density at radius 3 is 2.56 bits per heavy atom. The molecule has 0 spiro atoms. The van der Waals surface area contributed by atoms with E-state index in [1.165, 1.54) is 19.2 Å². The predicted molar refractivity (Wildman–Crippen MR) is 129 cm³/mol. The molecule has 0 atom stereocenters. The Hall–Kier alpha value is -4.86. The fourth-order valence-corrected chi connectivity index (χ4v) is 3.65. The van der Waals surface area contributed by atoms with E-state index in [1.54, 1.807) is 31.2 Å². The number of hydrogen-bond acceptors (Lipinski definition) is 9. The number of furan rings is 1. The van der Waals surface area contributed by atoms with Crippen LogP contribution >= 0.6 is 0 Å². The molecule has 0 radical (unpaired) electrons. The van der Waals surface area contributed by atoms with Gasteiger partial charge in [-0.15, -0.1) is 0 Å². The monoisotopic (exact) mass is 487 g/mol. The van der Waals surface area contributed by atoms with Crippen LogP contribution in [0.5, 0.6) is 11.5 Å². The van der Waals surface area contributed by atoms with E-state index < -0.39 is 18.5 Å². The molecule has 0 fully saturated rings. The number of nitrogens with one attached hydrogen (secondary N) is 1. The minimum atomic E-state index is -0.648. The number of methoxy groups -OCH3 is 1. The van der Waals surface area contributed by atoms with Crippen LogP contribution in [0.1, 0.15) is 22.1 Å². The van der Waals surface area contributed by atoms with Crippen LogP contribution in [-0.4, -0.2) is 35.7 Å². The number of esters is 1. The molecule has 0 aliphatic rings. The van der Waals surface area contributed by atoms with E-state index in [0.717, 1.165) is 16.4 Å². The van der Waals surface area contributed by atoms with Gasteiger partial charge in [-0.2, -0.15) is 4.98 Å². The van der Waals surface area contributed by atoms with E-state index in [0.29, 0.717) is 34.5 Å². The van der Waals surface area contributed by atoms with Gasteiger partial charge in [0.15, 0.2) is 13.2 Å². The Morgan fingerprint density at radius 1 is 1.00 bits per heavy atom. The number of fused-ring (bicyclic) bond motifs is 3. The van der Waals surface area contributed by atoms with Crippen molar-refractivity contribution in [3.63, 3.8) is 0 Å². The molecule has 5 rings (SSSR count). The first kappa shape index (κ1) is 22.9. The molecule has 5 aromatic rings. The lowest BCUT2D eigenvalue weighted by atomic mass is 10.1. The summed E-state index contributed by atoms with van der Waals surface area (Å²) in [5, 5.41) is 8.26. The highest BCUT2D eigenvalue weighted by Crippen LogP contribution is 2.36. The molecule has 3 aromatic carbocycles. The molecular formula is C26H21N3O7. The van der Waals surface area contributed by atoms with Crippen LogP contribution in [0.2, 0.25) is 0 Å². The summed E-state index contributed by atoms with van der Waals surface area (Å²) in [4.78, 5) is 28.9. The number of aromatic nitrogens is 2. The zero-order chi connectivity index (χ0) is 25.1. The number of aryl methyl sites for hydroxylation is 1. The number of para-hydroxylation sites is 1. The van der Waals surface area contributed by atoms with Crippen molar-refractivity contribution >= 4 is 39.5 Å². The normalized spacial score (nSPS) is 10.9. The second-order valence-electron chi connectivity index (χ2n) is 7.81. The molecule has 10 heteroatoms. The highest BCUT2D eigenvalue weighted by molar-refractivity contribution is 6.08. The molecule has 0 bridgehead atoms. The molecule has 1 amide bonds. The molecule has 10 nitrogen and oxygen atoms in total. The average molecular weight is 487 g/mol. The summed E-state index contributed by atoms with van der Waals surface area (Å²) < 4.78 is 26.9. The number of anilines is 1. The number of rotatable bonds is 8. The lowest BCUT2D eigenvalue weighted by Gasteiger charge is -2.11. The summed E-state index contributed by atoms with van der Waals surface area (Å²) >= 11 is 0. The molecule has 182 valence electrons. The summed E-state index contributed by atoms with van der Waals surface area (Å²) in [7, 11) is 1.51. The zero-order valence-electron chi connectivity index (χ0n) is 19.4. The standard InChI is InChI=1S/C26H21N3O7/c1-15-27-24(29-36-15)13-33-17-9-7-16(8-10-17)26(31)34-14-25(30)28-20-12-22-19(11-23(20)32-2)18-5-3-4-6-21(18)35-22/h3-12H,13-14H2,1-2H3,(H,28,30). The van der Waals surface area contributed by atoms with Crippen molar-refractivity contribution in [1.82, 2.24) is 10.1 Å². The maximum atomic E-state index is 12.5. The van der Waals surface area contributed by atoms with Crippen LogP contribution in [0.25, 0.3) is 21.9 Å². The van der Waals surface area contributed by atoms with Crippen molar-refractivity contribution in [2.75, 3.05) is 19.0 Å². The smallest absolute Gasteiger partial charge is 0.338 e. The number of benzene rings is 3. The first-order valence-corrected chi connectivity index (χ1v) is 11.0. The van der Waals surface area contributed by atoms with Gasteiger partial charge >= 0.3 is 5.97 Å². The average Bonchev–Trinajstić information content (AvgIpc) is 3.48. The van der Waals surface area contributed by atoms with Crippen LogP contribution in [0, 0.1) is 6.92 Å². The van der Waals surface area contributed by atoms with E-state index in [-0.39, 0.29) is 12.2 Å². The first-order valence-electron chi connectivity index (χ1n) is 11.0. The number of amides is 1. The van der Waals surface area contributed by atoms with Gasteiger partial charge in [0.2, 0.25) is 11.7 Å². The number of carbonyl (C=O) groups excluding carboxylic acids is 2. The summed E-state index contributed by atoms with van der Waals surface area (Å²) in [6, 6.07) is 17.4. The Bertz CT molecular complexity index is 1550. The highest BCUT2D eigenvalue weighted by Gasteiger charge is 2.16. The molecular weight excluding hydrogens is 466 g/mol. The van der Waals surface area contributed by atoms with E-state index in [1.807, 2.05) is 24.3 Å². The molecule has 36 heavy (non-hydrogen) atoms. The van der Waals surface area contributed by atoms with Crippen LogP contribution in [-0.2, 0) is 16.1 Å². The Kier molecular flexibility index (Phi) is 6.23. The topological polar surface area (TPSA) is 126 Å². The van der Waals surface area contributed by atoms with Gasteiger partial charge in [-0.25, -0.2) is 4.79 Å². The van der Waals surface area contributed by atoms with Crippen LogP contribution in [0.3, 0.4) is 0 Å². The van der Waals surface area contributed by atoms with Crippen LogP contribution in [0.15, 0.2) is 69.6 Å². The molecule has 0 unspecified atom stereocenters. The van der Waals surface area contributed by atoms with Gasteiger partial charge in [-0.1, -0.05) is 23.4 Å². The number of nitrogens with zero attached hydrogens (tertiary/aromatic N) is 2. The Labute approximate surface area is 204 Å². The molecule has 0 aliphatic carbocycles. The van der Waals surface area contributed by atoms with Gasteiger partial charge in [-0.3, -0.25) is 4.79 Å². The minimum Gasteiger partial charge on any atom is -0.495 e. The number of carbonyl (C=O) groups is 2. The van der Waals surface area contributed by atoms with E-state index in [2.05, 4.69) is 15.5 Å². The third-order valence-corrected chi connectivity index (χ3v) is 5.33. The molecule has 1 N–H and O–H groups in total. The largest absolute Gasteiger partial charge is 0.495 e. The van der Waals surface area contributed by atoms with Gasteiger partial charge in [0.1, 0.15) is 22.7 Å². The minimum absolute atomic E-state index is 0.130. The van der Waals surface area contributed by atoms with E-state index in [4.69, 9.17) is 23.2 Å². The van der Waals surface area contributed by atoms with Gasteiger partial charge in [0.05, 0.1) is 18.4 Å². The van der Waals surface area contributed by atoms with Crippen molar-refractivity contribution < 1.29 is 32.7 Å². The molecule has 0 aliphatic heterocycles. The first-order chi connectivity index (χ1) is 17.5. The summed E-state index contributed by atoms with van der Waals surface area (Å²) in [6.07, 6.45) is 0. The second kappa shape index (κ2) is 9.79. The zero-order valence-corrected chi connectivity index (χ0v) is 19.4. The van der Waals surface area contributed by atoms with Gasteiger partial charge in [0, 0.05) is 23.8 Å². The van der Waals surface area contributed by atoms with E-state index >= 15 is 0 Å². The van der Waals surface area contributed by atoms with Crippen LogP contribution < -0.4 is 14.8 Å². The Balaban J connectivity index is 1.19. The molecule has 0 saturated carbocycles. The van der Waals surface area contributed by atoms with Crippen LogP contribution in [0.4, 0.5) is 5.69 Å². The van der Waals surface area contributed by atoms with Gasteiger partial charge in [-0.05, 0) is 36.4 Å². The summed E-state index contributed by atoms with van der Waals surface area (Å²) in [5.74, 6) is 0.667. The van der Waals surface area contributed by atoms with Crippen molar-refractivity contribution in [1.29, 1.82) is 0 Å². The third-order valence-electron chi connectivity index (χ3n) is 5.33. The fraction of sp³-hybridized carbons (Fsp3) is 0.154.